The lowest BCUT2D eigenvalue weighted by Crippen LogP contribution is -2.14. The van der Waals surface area contributed by atoms with Crippen molar-refractivity contribution in [3.63, 3.8) is 0 Å². The standard InChI is InChI=1S/C12H16BrNO/c1-8-5-6-10(15-2)11(12(8)13)9-4-3-7-14-9/h5-6,9,14H,3-4,7H2,1-2H3. The molecule has 1 aromatic carbocycles. The van der Waals surface area contributed by atoms with Crippen molar-refractivity contribution in [3.8, 4) is 5.75 Å². The highest BCUT2D eigenvalue weighted by molar-refractivity contribution is 9.10. The van der Waals surface area contributed by atoms with Gasteiger partial charge in [-0.25, -0.2) is 0 Å². The Bertz CT molecular complexity index is 359. The van der Waals surface area contributed by atoms with E-state index in [1.165, 1.54) is 28.4 Å². The molecular weight excluding hydrogens is 254 g/mol. The average Bonchev–Trinajstić information content (AvgIpc) is 2.75. The van der Waals surface area contributed by atoms with E-state index < -0.39 is 0 Å². The minimum Gasteiger partial charge on any atom is -0.496 e. The van der Waals surface area contributed by atoms with Gasteiger partial charge >= 0.3 is 0 Å². The van der Waals surface area contributed by atoms with Crippen LogP contribution in [0.1, 0.15) is 30.0 Å². The first-order chi connectivity index (χ1) is 7.24. The molecule has 0 amide bonds. The van der Waals surface area contributed by atoms with Crippen LogP contribution in [0.5, 0.6) is 5.75 Å². The molecule has 2 rings (SSSR count). The lowest BCUT2D eigenvalue weighted by molar-refractivity contribution is 0.402. The van der Waals surface area contributed by atoms with Crippen LogP contribution in [-0.2, 0) is 0 Å². The van der Waals surface area contributed by atoms with Crippen LogP contribution >= 0.6 is 15.9 Å². The number of nitrogens with one attached hydrogen (secondary N) is 1. The molecule has 0 bridgehead atoms. The first kappa shape index (κ1) is 11.0. The molecule has 1 unspecified atom stereocenters. The third-order valence-corrected chi connectivity index (χ3v) is 4.01. The van der Waals surface area contributed by atoms with Crippen molar-refractivity contribution in [2.75, 3.05) is 13.7 Å². The van der Waals surface area contributed by atoms with Gasteiger partial charge in [0.15, 0.2) is 0 Å². The van der Waals surface area contributed by atoms with E-state index in [1.54, 1.807) is 7.11 Å². The van der Waals surface area contributed by atoms with Crippen molar-refractivity contribution in [1.82, 2.24) is 5.32 Å². The van der Waals surface area contributed by atoms with Gasteiger partial charge in [0.2, 0.25) is 0 Å². The maximum absolute atomic E-state index is 5.42. The molecule has 0 saturated carbocycles. The van der Waals surface area contributed by atoms with Gasteiger partial charge in [-0.15, -0.1) is 0 Å². The summed E-state index contributed by atoms with van der Waals surface area (Å²) in [6, 6.07) is 4.57. The number of methoxy groups -OCH3 is 1. The van der Waals surface area contributed by atoms with Crippen LogP contribution in [0.3, 0.4) is 0 Å². The molecule has 1 aliphatic rings. The second-order valence-electron chi connectivity index (χ2n) is 3.96. The summed E-state index contributed by atoms with van der Waals surface area (Å²) in [7, 11) is 1.73. The third-order valence-electron chi connectivity index (χ3n) is 2.96. The molecule has 1 fully saturated rings. The van der Waals surface area contributed by atoms with Crippen LogP contribution in [0.4, 0.5) is 0 Å². The van der Waals surface area contributed by atoms with Crippen molar-refractivity contribution < 1.29 is 4.74 Å². The van der Waals surface area contributed by atoms with E-state index >= 15 is 0 Å². The molecule has 1 atom stereocenters. The van der Waals surface area contributed by atoms with Crippen LogP contribution in [-0.4, -0.2) is 13.7 Å². The molecular formula is C12H16BrNO. The van der Waals surface area contributed by atoms with Crippen LogP contribution in [0, 0.1) is 6.92 Å². The monoisotopic (exact) mass is 269 g/mol. The van der Waals surface area contributed by atoms with E-state index in [-0.39, 0.29) is 0 Å². The molecule has 2 nitrogen and oxygen atoms in total. The smallest absolute Gasteiger partial charge is 0.124 e. The number of rotatable bonds is 2. The van der Waals surface area contributed by atoms with Gasteiger partial charge in [0, 0.05) is 16.1 Å². The number of hydrogen-bond donors (Lipinski definition) is 1. The minimum atomic E-state index is 0.439. The Morgan fingerprint density at radius 1 is 1.47 bits per heavy atom. The molecule has 3 heteroatoms. The summed E-state index contributed by atoms with van der Waals surface area (Å²) in [6.45, 7) is 3.22. The third kappa shape index (κ3) is 2.04. The fraction of sp³-hybridized carbons (Fsp3) is 0.500. The largest absolute Gasteiger partial charge is 0.496 e. The summed E-state index contributed by atoms with van der Waals surface area (Å²) in [6.07, 6.45) is 2.44. The summed E-state index contributed by atoms with van der Waals surface area (Å²) in [5.74, 6) is 0.979. The summed E-state index contributed by atoms with van der Waals surface area (Å²) in [4.78, 5) is 0. The summed E-state index contributed by atoms with van der Waals surface area (Å²) in [5.41, 5.74) is 2.54. The van der Waals surface area contributed by atoms with Gasteiger partial charge < -0.3 is 10.1 Å². The number of halogens is 1. The molecule has 0 aromatic heterocycles. The fourth-order valence-corrected chi connectivity index (χ4v) is 2.72. The second-order valence-corrected chi connectivity index (χ2v) is 4.75. The van der Waals surface area contributed by atoms with Gasteiger partial charge in [0.1, 0.15) is 5.75 Å². The van der Waals surface area contributed by atoms with Crippen molar-refractivity contribution >= 4 is 15.9 Å². The Kier molecular flexibility index (Phi) is 3.32. The number of hydrogen-bond acceptors (Lipinski definition) is 2. The first-order valence-corrected chi connectivity index (χ1v) is 6.09. The topological polar surface area (TPSA) is 21.3 Å². The van der Waals surface area contributed by atoms with Gasteiger partial charge in [-0.2, -0.15) is 0 Å². The second kappa shape index (κ2) is 4.54. The molecule has 1 saturated heterocycles. The maximum atomic E-state index is 5.42. The van der Waals surface area contributed by atoms with Gasteiger partial charge in [-0.05, 0) is 37.9 Å². The van der Waals surface area contributed by atoms with E-state index in [2.05, 4.69) is 40.3 Å². The highest BCUT2D eigenvalue weighted by Gasteiger charge is 2.23. The molecule has 1 aromatic rings. The van der Waals surface area contributed by atoms with E-state index in [4.69, 9.17) is 4.74 Å². The van der Waals surface area contributed by atoms with Crippen LogP contribution in [0.15, 0.2) is 16.6 Å². The maximum Gasteiger partial charge on any atom is 0.124 e. The Morgan fingerprint density at radius 2 is 2.27 bits per heavy atom. The zero-order valence-electron chi connectivity index (χ0n) is 9.14. The Labute approximate surface area is 99.1 Å². The van der Waals surface area contributed by atoms with Crippen molar-refractivity contribution in [1.29, 1.82) is 0 Å². The van der Waals surface area contributed by atoms with Crippen LogP contribution in [0.2, 0.25) is 0 Å². The van der Waals surface area contributed by atoms with Crippen molar-refractivity contribution in [2.24, 2.45) is 0 Å². The van der Waals surface area contributed by atoms with E-state index in [1.807, 2.05) is 0 Å². The SMILES string of the molecule is COc1ccc(C)c(Br)c1C1CCCN1. The van der Waals surface area contributed by atoms with E-state index in [0.717, 1.165) is 12.3 Å². The zero-order valence-corrected chi connectivity index (χ0v) is 10.7. The molecule has 1 N–H and O–H groups in total. The Balaban J connectivity index is 2.45. The Hall–Kier alpha value is -0.540. The van der Waals surface area contributed by atoms with E-state index in [9.17, 15) is 0 Å². The number of benzene rings is 1. The zero-order chi connectivity index (χ0) is 10.8. The van der Waals surface area contributed by atoms with E-state index in [0.29, 0.717) is 6.04 Å². The first-order valence-electron chi connectivity index (χ1n) is 5.30. The Morgan fingerprint density at radius 3 is 2.87 bits per heavy atom. The molecule has 1 heterocycles. The summed E-state index contributed by atoms with van der Waals surface area (Å²) >= 11 is 3.66. The number of ether oxygens (including phenoxy) is 1. The number of aryl methyl sites for hydroxylation is 1. The molecule has 82 valence electrons. The van der Waals surface area contributed by atoms with Gasteiger partial charge in [-0.1, -0.05) is 22.0 Å². The van der Waals surface area contributed by atoms with Gasteiger partial charge in [-0.3, -0.25) is 0 Å². The predicted octanol–water partition coefficient (Wildman–Crippen LogP) is 3.19. The summed E-state index contributed by atoms with van der Waals surface area (Å²) in [5, 5.41) is 3.51. The van der Waals surface area contributed by atoms with Crippen molar-refractivity contribution in [3.05, 3.63) is 27.7 Å². The van der Waals surface area contributed by atoms with Crippen LogP contribution < -0.4 is 10.1 Å². The molecule has 15 heavy (non-hydrogen) atoms. The molecule has 0 spiro atoms. The highest BCUT2D eigenvalue weighted by atomic mass is 79.9. The van der Waals surface area contributed by atoms with Gasteiger partial charge in [0.25, 0.3) is 0 Å². The molecule has 1 aliphatic heterocycles. The van der Waals surface area contributed by atoms with Crippen LogP contribution in [0.25, 0.3) is 0 Å². The van der Waals surface area contributed by atoms with Gasteiger partial charge in [0.05, 0.1) is 7.11 Å². The molecule has 0 radical (unpaired) electrons. The molecule has 0 aliphatic carbocycles. The average molecular weight is 270 g/mol. The minimum absolute atomic E-state index is 0.439. The lowest BCUT2D eigenvalue weighted by Gasteiger charge is -2.18. The lowest BCUT2D eigenvalue weighted by atomic mass is 10.0. The predicted molar refractivity (Wildman–Crippen MR) is 65.4 cm³/mol. The quantitative estimate of drug-likeness (QED) is 0.891. The highest BCUT2D eigenvalue weighted by Crippen LogP contribution is 2.38. The summed E-state index contributed by atoms with van der Waals surface area (Å²) < 4.78 is 6.61. The fourth-order valence-electron chi connectivity index (χ4n) is 2.12. The normalized spacial score (nSPS) is 20.6. The van der Waals surface area contributed by atoms with Crippen molar-refractivity contribution in [2.45, 2.75) is 25.8 Å².